The van der Waals surface area contributed by atoms with Crippen LogP contribution in [-0.4, -0.2) is 24.2 Å². The summed E-state index contributed by atoms with van der Waals surface area (Å²) in [6.45, 7) is 0. The number of aromatic nitrogens is 2. The molecular formula is C17H15BrN2O3. The third kappa shape index (κ3) is 3.22. The molecule has 0 aliphatic rings. The fraction of sp³-hybridized carbons (Fsp3) is 0.176. The SMILES string of the molecule is COc1cc2ncnc(Oc3ccc(CBr)cc3)c2cc1OC. The summed E-state index contributed by atoms with van der Waals surface area (Å²) >= 11 is 3.42. The summed E-state index contributed by atoms with van der Waals surface area (Å²) in [5.41, 5.74) is 1.90. The van der Waals surface area contributed by atoms with Gasteiger partial charge in [0.25, 0.3) is 0 Å². The van der Waals surface area contributed by atoms with Crippen LogP contribution in [0.2, 0.25) is 0 Å². The number of benzene rings is 2. The molecule has 3 aromatic rings. The zero-order valence-electron chi connectivity index (χ0n) is 12.7. The van der Waals surface area contributed by atoms with Gasteiger partial charge >= 0.3 is 0 Å². The molecule has 0 amide bonds. The average Bonchev–Trinajstić information content (AvgIpc) is 2.61. The van der Waals surface area contributed by atoms with Crippen LogP contribution in [0.1, 0.15) is 5.56 Å². The van der Waals surface area contributed by atoms with E-state index in [9.17, 15) is 0 Å². The summed E-state index contributed by atoms with van der Waals surface area (Å²) in [5.74, 6) is 2.41. The van der Waals surface area contributed by atoms with E-state index in [4.69, 9.17) is 14.2 Å². The second-order valence-electron chi connectivity index (χ2n) is 4.78. The van der Waals surface area contributed by atoms with Crippen molar-refractivity contribution in [1.82, 2.24) is 9.97 Å². The molecule has 2 aromatic carbocycles. The summed E-state index contributed by atoms with van der Waals surface area (Å²) in [5, 5.41) is 1.57. The molecule has 118 valence electrons. The quantitative estimate of drug-likeness (QED) is 0.622. The van der Waals surface area contributed by atoms with Gasteiger partial charge in [-0.3, -0.25) is 0 Å². The molecule has 0 radical (unpaired) electrons. The van der Waals surface area contributed by atoms with E-state index >= 15 is 0 Å². The van der Waals surface area contributed by atoms with Gasteiger partial charge in [0.1, 0.15) is 12.1 Å². The molecule has 5 nitrogen and oxygen atoms in total. The summed E-state index contributed by atoms with van der Waals surface area (Å²) < 4.78 is 16.5. The Bertz CT molecular complexity index is 822. The Kier molecular flexibility index (Phi) is 4.62. The fourth-order valence-corrected chi connectivity index (χ4v) is 2.57. The van der Waals surface area contributed by atoms with E-state index in [1.165, 1.54) is 11.9 Å². The maximum Gasteiger partial charge on any atom is 0.230 e. The molecular weight excluding hydrogens is 360 g/mol. The van der Waals surface area contributed by atoms with E-state index < -0.39 is 0 Å². The predicted molar refractivity (Wildman–Crippen MR) is 91.8 cm³/mol. The maximum absolute atomic E-state index is 5.90. The van der Waals surface area contributed by atoms with Crippen LogP contribution in [0.25, 0.3) is 10.9 Å². The molecule has 6 heteroatoms. The smallest absolute Gasteiger partial charge is 0.230 e. The lowest BCUT2D eigenvalue weighted by molar-refractivity contribution is 0.355. The van der Waals surface area contributed by atoms with E-state index in [2.05, 4.69) is 25.9 Å². The highest BCUT2D eigenvalue weighted by Crippen LogP contribution is 2.35. The average molecular weight is 375 g/mol. The molecule has 23 heavy (non-hydrogen) atoms. The van der Waals surface area contributed by atoms with Crippen LogP contribution >= 0.6 is 15.9 Å². The number of hydrogen-bond acceptors (Lipinski definition) is 5. The largest absolute Gasteiger partial charge is 0.493 e. The van der Waals surface area contributed by atoms with E-state index in [0.717, 1.165) is 16.2 Å². The van der Waals surface area contributed by atoms with E-state index in [1.807, 2.05) is 30.3 Å². The van der Waals surface area contributed by atoms with Gasteiger partial charge in [0.15, 0.2) is 11.5 Å². The zero-order valence-corrected chi connectivity index (χ0v) is 14.3. The van der Waals surface area contributed by atoms with Crippen molar-refractivity contribution in [2.24, 2.45) is 0 Å². The molecule has 0 N–H and O–H groups in total. The summed E-state index contributed by atoms with van der Waals surface area (Å²) in [6, 6.07) is 11.4. The maximum atomic E-state index is 5.90. The van der Waals surface area contributed by atoms with Crippen molar-refractivity contribution in [2.75, 3.05) is 14.2 Å². The van der Waals surface area contributed by atoms with Gasteiger partial charge in [-0.05, 0) is 23.8 Å². The van der Waals surface area contributed by atoms with E-state index in [0.29, 0.717) is 23.1 Å². The van der Waals surface area contributed by atoms with Crippen molar-refractivity contribution in [3.8, 4) is 23.1 Å². The Morgan fingerprint density at radius 1 is 0.957 bits per heavy atom. The zero-order chi connectivity index (χ0) is 16.2. The van der Waals surface area contributed by atoms with Crippen LogP contribution in [0.15, 0.2) is 42.7 Å². The van der Waals surface area contributed by atoms with Crippen LogP contribution in [-0.2, 0) is 5.33 Å². The first kappa shape index (κ1) is 15.6. The van der Waals surface area contributed by atoms with Crippen molar-refractivity contribution in [3.05, 3.63) is 48.3 Å². The Morgan fingerprint density at radius 3 is 2.30 bits per heavy atom. The van der Waals surface area contributed by atoms with Crippen LogP contribution in [0.3, 0.4) is 0 Å². The lowest BCUT2D eigenvalue weighted by Crippen LogP contribution is -1.95. The highest BCUT2D eigenvalue weighted by molar-refractivity contribution is 9.08. The monoisotopic (exact) mass is 374 g/mol. The lowest BCUT2D eigenvalue weighted by atomic mass is 10.2. The second-order valence-corrected chi connectivity index (χ2v) is 5.34. The van der Waals surface area contributed by atoms with Crippen molar-refractivity contribution in [1.29, 1.82) is 0 Å². The molecule has 1 aromatic heterocycles. The number of rotatable bonds is 5. The van der Waals surface area contributed by atoms with Gasteiger partial charge in [-0.25, -0.2) is 9.97 Å². The molecule has 0 saturated heterocycles. The van der Waals surface area contributed by atoms with Gasteiger partial charge in [-0.2, -0.15) is 0 Å². The summed E-state index contributed by atoms with van der Waals surface area (Å²) in [6.07, 6.45) is 1.47. The van der Waals surface area contributed by atoms with Gasteiger partial charge in [0, 0.05) is 11.4 Å². The topological polar surface area (TPSA) is 53.5 Å². The molecule has 0 fully saturated rings. The first-order chi connectivity index (χ1) is 11.2. The molecule has 0 aliphatic heterocycles. The number of methoxy groups -OCH3 is 2. The van der Waals surface area contributed by atoms with Gasteiger partial charge in [-0.1, -0.05) is 28.1 Å². The van der Waals surface area contributed by atoms with Crippen LogP contribution in [0.4, 0.5) is 0 Å². The van der Waals surface area contributed by atoms with Crippen LogP contribution < -0.4 is 14.2 Å². The van der Waals surface area contributed by atoms with Gasteiger partial charge in [0.2, 0.25) is 5.88 Å². The minimum absolute atomic E-state index is 0.475. The lowest BCUT2D eigenvalue weighted by Gasteiger charge is -2.11. The number of hydrogen-bond donors (Lipinski definition) is 0. The minimum atomic E-state index is 0.475. The molecule has 0 unspecified atom stereocenters. The van der Waals surface area contributed by atoms with Crippen LogP contribution in [0, 0.1) is 0 Å². The first-order valence-corrected chi connectivity index (χ1v) is 8.06. The third-order valence-electron chi connectivity index (χ3n) is 3.40. The van der Waals surface area contributed by atoms with Gasteiger partial charge in [-0.15, -0.1) is 0 Å². The molecule has 3 rings (SSSR count). The molecule has 0 atom stereocenters. The highest BCUT2D eigenvalue weighted by Gasteiger charge is 2.12. The molecule has 1 heterocycles. The van der Waals surface area contributed by atoms with Crippen molar-refractivity contribution in [3.63, 3.8) is 0 Å². The normalized spacial score (nSPS) is 10.6. The van der Waals surface area contributed by atoms with Gasteiger partial charge < -0.3 is 14.2 Å². The fourth-order valence-electron chi connectivity index (χ4n) is 2.20. The second kappa shape index (κ2) is 6.83. The van der Waals surface area contributed by atoms with Crippen molar-refractivity contribution < 1.29 is 14.2 Å². The Morgan fingerprint density at radius 2 is 1.65 bits per heavy atom. The Labute approximate surface area is 142 Å². The van der Waals surface area contributed by atoms with E-state index in [-0.39, 0.29) is 0 Å². The number of fused-ring (bicyclic) bond motifs is 1. The number of nitrogens with zero attached hydrogens (tertiary/aromatic N) is 2. The molecule has 0 spiro atoms. The molecule has 0 bridgehead atoms. The Balaban J connectivity index is 2.02. The van der Waals surface area contributed by atoms with E-state index in [1.54, 1.807) is 20.3 Å². The number of alkyl halides is 1. The summed E-state index contributed by atoms with van der Waals surface area (Å²) in [4.78, 5) is 8.50. The van der Waals surface area contributed by atoms with Crippen molar-refractivity contribution in [2.45, 2.75) is 5.33 Å². The molecule has 0 aliphatic carbocycles. The third-order valence-corrected chi connectivity index (χ3v) is 4.04. The summed E-state index contributed by atoms with van der Waals surface area (Å²) in [7, 11) is 3.18. The van der Waals surface area contributed by atoms with Gasteiger partial charge in [0.05, 0.1) is 25.1 Å². The predicted octanol–water partition coefficient (Wildman–Crippen LogP) is 4.33. The standard InChI is InChI=1S/C17H15BrN2O3/c1-21-15-7-13-14(8-16(15)22-2)19-10-20-17(13)23-12-5-3-11(9-18)4-6-12/h3-8,10H,9H2,1-2H3. The number of halogens is 1. The first-order valence-electron chi connectivity index (χ1n) is 6.94. The highest BCUT2D eigenvalue weighted by atomic mass is 79.9. The number of ether oxygens (including phenoxy) is 3. The molecule has 0 saturated carbocycles. The minimum Gasteiger partial charge on any atom is -0.493 e. The van der Waals surface area contributed by atoms with Crippen LogP contribution in [0.5, 0.6) is 23.1 Å². The Hall–Kier alpha value is -2.34. The van der Waals surface area contributed by atoms with Crippen molar-refractivity contribution >= 4 is 26.8 Å².